The van der Waals surface area contributed by atoms with E-state index in [1.54, 1.807) is 0 Å². The Morgan fingerprint density at radius 1 is 1.26 bits per heavy atom. The Hall–Kier alpha value is -2.77. The van der Waals surface area contributed by atoms with E-state index in [2.05, 4.69) is 15.2 Å². The highest BCUT2D eigenvalue weighted by molar-refractivity contribution is 5.61. The summed E-state index contributed by atoms with van der Waals surface area (Å²) >= 11 is 0. The van der Waals surface area contributed by atoms with Gasteiger partial charge in [0.15, 0.2) is 0 Å². The highest BCUT2D eigenvalue weighted by Gasteiger charge is 2.12. The first kappa shape index (κ1) is 11.3. The number of halogens is 2. The van der Waals surface area contributed by atoms with Gasteiger partial charge in [0, 0.05) is 17.7 Å². The molecule has 0 unspecified atom stereocenters. The number of benzene rings is 1. The van der Waals surface area contributed by atoms with E-state index in [1.807, 2.05) is 0 Å². The van der Waals surface area contributed by atoms with Crippen molar-refractivity contribution in [3.05, 3.63) is 46.3 Å². The summed E-state index contributed by atoms with van der Waals surface area (Å²) in [5, 5.41) is 6.08. The molecule has 0 fully saturated rings. The van der Waals surface area contributed by atoms with Gasteiger partial charge in [0.25, 0.3) is 5.56 Å². The molecule has 0 aliphatic rings. The molecule has 8 heteroatoms. The van der Waals surface area contributed by atoms with Crippen LogP contribution in [-0.4, -0.2) is 19.6 Å². The fraction of sp³-hybridized carbons (Fsp3) is 0. The van der Waals surface area contributed by atoms with E-state index in [0.29, 0.717) is 0 Å². The predicted molar refractivity (Wildman–Crippen MR) is 63.4 cm³/mol. The Morgan fingerprint density at radius 3 is 2.79 bits per heavy atom. The van der Waals surface area contributed by atoms with Gasteiger partial charge < -0.3 is 5.73 Å². The second-order valence-corrected chi connectivity index (χ2v) is 3.84. The number of anilines is 1. The normalized spacial score (nSPS) is 11.1. The summed E-state index contributed by atoms with van der Waals surface area (Å²) in [4.78, 5) is 15.8. The maximum absolute atomic E-state index is 13.6. The maximum Gasteiger partial charge on any atom is 0.262 e. The van der Waals surface area contributed by atoms with Crippen LogP contribution in [0.4, 0.5) is 14.7 Å². The van der Waals surface area contributed by atoms with Crippen LogP contribution in [0.15, 0.2) is 29.1 Å². The van der Waals surface area contributed by atoms with Gasteiger partial charge in [0.1, 0.15) is 11.6 Å². The molecule has 0 aliphatic heterocycles. The predicted octanol–water partition coefficient (Wildman–Crippen LogP) is 0.945. The van der Waals surface area contributed by atoms with Gasteiger partial charge in [-0.1, -0.05) is 0 Å². The van der Waals surface area contributed by atoms with Crippen LogP contribution in [0.25, 0.3) is 17.0 Å². The summed E-state index contributed by atoms with van der Waals surface area (Å²) in [6, 6.07) is 4.13. The van der Waals surface area contributed by atoms with Gasteiger partial charge in [-0.3, -0.25) is 4.79 Å². The highest BCUT2D eigenvalue weighted by atomic mass is 19.1. The van der Waals surface area contributed by atoms with E-state index in [1.165, 1.54) is 6.07 Å². The smallest absolute Gasteiger partial charge is 0.262 e. The van der Waals surface area contributed by atoms with E-state index in [0.717, 1.165) is 22.6 Å². The van der Waals surface area contributed by atoms with Crippen molar-refractivity contribution < 1.29 is 8.78 Å². The Morgan fingerprint density at radius 2 is 2.05 bits per heavy atom. The van der Waals surface area contributed by atoms with Crippen molar-refractivity contribution in [1.82, 2.24) is 19.6 Å². The number of hydrogen-bond donors (Lipinski definition) is 2. The molecular weight excluding hydrogens is 256 g/mol. The number of hydrogen-bond acceptors (Lipinski definition) is 4. The van der Waals surface area contributed by atoms with Crippen molar-refractivity contribution in [2.24, 2.45) is 0 Å². The average molecular weight is 263 g/mol. The first-order valence-corrected chi connectivity index (χ1v) is 5.25. The van der Waals surface area contributed by atoms with E-state index in [9.17, 15) is 13.6 Å². The molecule has 1 aromatic carbocycles. The zero-order chi connectivity index (χ0) is 13.6. The van der Waals surface area contributed by atoms with Crippen LogP contribution in [0.3, 0.4) is 0 Å². The number of aromatic nitrogens is 4. The molecule has 2 heterocycles. The molecule has 6 nitrogen and oxygen atoms in total. The molecule has 96 valence electrons. The molecule has 0 aliphatic carbocycles. The molecule has 0 saturated heterocycles. The summed E-state index contributed by atoms with van der Waals surface area (Å²) < 4.78 is 27.5. The number of rotatable bonds is 1. The van der Waals surface area contributed by atoms with Crippen LogP contribution in [-0.2, 0) is 0 Å². The first-order valence-electron chi connectivity index (χ1n) is 5.25. The molecule has 0 radical (unpaired) electrons. The minimum absolute atomic E-state index is 0.0224. The van der Waals surface area contributed by atoms with Crippen molar-refractivity contribution in [2.75, 3.05) is 5.73 Å². The Labute approximate surface area is 104 Å². The van der Waals surface area contributed by atoms with Crippen molar-refractivity contribution in [2.45, 2.75) is 0 Å². The molecule has 0 saturated carbocycles. The number of nitrogen functional groups attached to an aromatic ring is 1. The second-order valence-electron chi connectivity index (χ2n) is 3.84. The molecule has 2 aromatic heterocycles. The van der Waals surface area contributed by atoms with E-state index in [-0.39, 0.29) is 23.0 Å². The lowest BCUT2D eigenvalue weighted by Crippen LogP contribution is -2.15. The van der Waals surface area contributed by atoms with Crippen LogP contribution in [0, 0.1) is 11.6 Å². The van der Waals surface area contributed by atoms with Gasteiger partial charge in [0.2, 0.25) is 11.7 Å². The maximum atomic E-state index is 13.6. The number of nitrogens with two attached hydrogens (primary N) is 1. The zero-order valence-corrected chi connectivity index (χ0v) is 9.39. The van der Waals surface area contributed by atoms with Crippen LogP contribution >= 0.6 is 0 Å². The Kier molecular flexibility index (Phi) is 2.31. The van der Waals surface area contributed by atoms with Crippen LogP contribution in [0.1, 0.15) is 0 Å². The van der Waals surface area contributed by atoms with E-state index in [4.69, 9.17) is 5.73 Å². The third kappa shape index (κ3) is 1.73. The third-order valence-electron chi connectivity index (χ3n) is 2.63. The standard InChI is InChI=1S/C11H7F2N5O/c12-5-1-2-6(7(13)3-5)8-4-9(19)18-10(14)16-17-11(18)15-8/h1-4H,(H2,14,16)(H,15,17). The summed E-state index contributed by atoms with van der Waals surface area (Å²) in [7, 11) is 0. The lowest BCUT2D eigenvalue weighted by Gasteiger charge is -2.02. The van der Waals surface area contributed by atoms with Crippen LogP contribution in [0.2, 0.25) is 0 Å². The zero-order valence-electron chi connectivity index (χ0n) is 9.39. The number of nitrogens with one attached hydrogen (secondary N) is 1. The van der Waals surface area contributed by atoms with Crippen molar-refractivity contribution in [1.29, 1.82) is 0 Å². The molecule has 3 N–H and O–H groups in total. The summed E-state index contributed by atoms with van der Waals surface area (Å²) in [6.07, 6.45) is 0. The van der Waals surface area contributed by atoms with Gasteiger partial charge in [-0.25, -0.2) is 23.3 Å². The van der Waals surface area contributed by atoms with Crippen molar-refractivity contribution in [3.8, 4) is 11.3 Å². The quantitative estimate of drug-likeness (QED) is 0.684. The van der Waals surface area contributed by atoms with Gasteiger partial charge >= 0.3 is 0 Å². The Bertz CT molecular complexity index is 839. The van der Waals surface area contributed by atoms with Gasteiger partial charge in [-0.2, -0.15) is 0 Å². The van der Waals surface area contributed by atoms with Gasteiger partial charge in [-0.15, -0.1) is 5.10 Å². The SMILES string of the molecule is Nc1n[nH]c2nc(-c3ccc(F)cc3F)cc(=O)n12. The fourth-order valence-electron chi connectivity index (χ4n) is 1.77. The Balaban J connectivity index is 2.29. The topological polar surface area (TPSA) is 89.1 Å². The summed E-state index contributed by atoms with van der Waals surface area (Å²) in [5.41, 5.74) is 5.07. The number of fused-ring (bicyclic) bond motifs is 1. The molecule has 3 aromatic rings. The van der Waals surface area contributed by atoms with E-state index >= 15 is 0 Å². The molecule has 0 bridgehead atoms. The largest absolute Gasteiger partial charge is 0.368 e. The molecule has 3 rings (SSSR count). The molecule has 0 amide bonds. The minimum atomic E-state index is -0.802. The fourth-order valence-corrected chi connectivity index (χ4v) is 1.77. The van der Waals surface area contributed by atoms with Crippen molar-refractivity contribution in [3.63, 3.8) is 0 Å². The van der Waals surface area contributed by atoms with Crippen LogP contribution < -0.4 is 11.3 Å². The molecule has 0 atom stereocenters. The summed E-state index contributed by atoms with van der Waals surface area (Å²) in [5.74, 6) is -1.46. The number of aromatic amines is 1. The molecule has 0 spiro atoms. The van der Waals surface area contributed by atoms with Crippen LogP contribution in [0.5, 0.6) is 0 Å². The average Bonchev–Trinajstić information content (AvgIpc) is 2.71. The lowest BCUT2D eigenvalue weighted by atomic mass is 10.1. The highest BCUT2D eigenvalue weighted by Crippen LogP contribution is 2.20. The first-order chi connectivity index (χ1) is 9.06. The second kappa shape index (κ2) is 3.87. The number of H-pyrrole nitrogens is 1. The van der Waals surface area contributed by atoms with Gasteiger partial charge in [-0.05, 0) is 12.1 Å². The lowest BCUT2D eigenvalue weighted by molar-refractivity contribution is 0.585. The van der Waals surface area contributed by atoms with Gasteiger partial charge in [0.05, 0.1) is 5.69 Å². The van der Waals surface area contributed by atoms with Crippen molar-refractivity contribution >= 4 is 11.7 Å². The third-order valence-corrected chi connectivity index (χ3v) is 2.63. The monoisotopic (exact) mass is 263 g/mol. The minimum Gasteiger partial charge on any atom is -0.368 e. The van der Waals surface area contributed by atoms with E-state index < -0.39 is 17.2 Å². The molecular formula is C11H7F2N5O. The molecule has 19 heavy (non-hydrogen) atoms. The number of nitrogens with zero attached hydrogens (tertiary/aromatic N) is 3. The summed E-state index contributed by atoms with van der Waals surface area (Å²) in [6.45, 7) is 0.